The van der Waals surface area contributed by atoms with E-state index in [1.165, 1.54) is 0 Å². The Balaban J connectivity index is 0.00000289. The van der Waals surface area contributed by atoms with Crippen molar-refractivity contribution in [2.24, 2.45) is 0 Å². The van der Waals surface area contributed by atoms with E-state index >= 15 is 0 Å². The molecule has 1 heterocycles. The van der Waals surface area contributed by atoms with E-state index in [1.54, 1.807) is 31.9 Å². The lowest BCUT2D eigenvalue weighted by Crippen LogP contribution is -2.36. The number of carbonyl (C=O) groups excluding carboxylic acids is 1. The lowest BCUT2D eigenvalue weighted by atomic mass is 10.1. The van der Waals surface area contributed by atoms with Crippen LogP contribution in [0.25, 0.3) is 0 Å². The zero-order valence-electron chi connectivity index (χ0n) is 11.2. The first kappa shape index (κ1) is 16.7. The van der Waals surface area contributed by atoms with E-state index in [4.69, 9.17) is 0 Å². The van der Waals surface area contributed by atoms with Crippen molar-refractivity contribution in [1.29, 1.82) is 0 Å². The van der Waals surface area contributed by atoms with Gasteiger partial charge in [0.2, 0.25) is 0 Å². The van der Waals surface area contributed by atoms with E-state index in [-0.39, 0.29) is 29.4 Å². The van der Waals surface area contributed by atoms with Gasteiger partial charge in [0, 0.05) is 25.8 Å². The molecule has 0 fully saturated rings. The molecule has 0 saturated heterocycles. The summed E-state index contributed by atoms with van der Waals surface area (Å²) in [6.07, 6.45) is 0. The molecule has 1 rings (SSSR count). The van der Waals surface area contributed by atoms with Gasteiger partial charge in [-0.15, -0.1) is 12.4 Å². The highest BCUT2D eigenvalue weighted by molar-refractivity contribution is 5.95. The molecule has 0 unspecified atom stereocenters. The molecule has 0 spiro atoms. The number of amides is 1. The highest BCUT2D eigenvalue weighted by atomic mass is 35.5. The van der Waals surface area contributed by atoms with E-state index in [2.05, 4.69) is 10.3 Å². The quantitative estimate of drug-likeness (QED) is 0.849. The number of aryl methyl sites for hydroxylation is 2. The standard InChI is InChI=1S/C12H19N3O2.ClH/c1-8-7-9(2)14-11(16)10(8)12(17)15(4)6-5-13-3;/h7,13H,5-6H2,1-4H3,(H,14,16);1H. The number of carbonyl (C=O) groups is 1. The Morgan fingerprint density at radius 1 is 1.44 bits per heavy atom. The second-order valence-corrected chi connectivity index (χ2v) is 4.17. The number of aromatic amines is 1. The van der Waals surface area contributed by atoms with Crippen molar-refractivity contribution in [3.8, 4) is 0 Å². The van der Waals surface area contributed by atoms with Gasteiger partial charge in [0.1, 0.15) is 5.56 Å². The van der Waals surface area contributed by atoms with Crippen LogP contribution in [0.4, 0.5) is 0 Å². The Bertz CT molecular complexity index is 471. The van der Waals surface area contributed by atoms with Crippen LogP contribution in [0.5, 0.6) is 0 Å². The van der Waals surface area contributed by atoms with Crippen LogP contribution in [0.1, 0.15) is 21.6 Å². The third kappa shape index (κ3) is 3.85. The molecular formula is C12H20ClN3O2. The molecule has 0 saturated carbocycles. The molecule has 1 aromatic rings. The van der Waals surface area contributed by atoms with Gasteiger partial charge in [0.15, 0.2) is 0 Å². The summed E-state index contributed by atoms with van der Waals surface area (Å²) < 4.78 is 0. The largest absolute Gasteiger partial charge is 0.340 e. The zero-order valence-corrected chi connectivity index (χ0v) is 12.0. The summed E-state index contributed by atoms with van der Waals surface area (Å²) in [5.41, 5.74) is 1.40. The number of hydrogen-bond donors (Lipinski definition) is 2. The third-order valence-electron chi connectivity index (χ3n) is 2.62. The fourth-order valence-electron chi connectivity index (χ4n) is 1.69. The summed E-state index contributed by atoms with van der Waals surface area (Å²) in [6, 6.07) is 1.81. The summed E-state index contributed by atoms with van der Waals surface area (Å²) in [4.78, 5) is 28.0. The topological polar surface area (TPSA) is 65.2 Å². The Labute approximate surface area is 113 Å². The minimum absolute atomic E-state index is 0. The first-order chi connectivity index (χ1) is 7.97. The molecule has 2 N–H and O–H groups in total. The molecule has 0 bridgehead atoms. The molecule has 6 heteroatoms. The van der Waals surface area contributed by atoms with Gasteiger partial charge in [0.25, 0.3) is 11.5 Å². The van der Waals surface area contributed by atoms with Crippen molar-refractivity contribution in [3.05, 3.63) is 33.2 Å². The van der Waals surface area contributed by atoms with Crippen molar-refractivity contribution in [1.82, 2.24) is 15.2 Å². The zero-order chi connectivity index (χ0) is 13.0. The molecule has 0 radical (unpaired) electrons. The van der Waals surface area contributed by atoms with Crippen molar-refractivity contribution < 1.29 is 4.79 Å². The fraction of sp³-hybridized carbons (Fsp3) is 0.500. The normalized spacial score (nSPS) is 9.78. The average molecular weight is 274 g/mol. The van der Waals surface area contributed by atoms with Crippen LogP contribution in [0, 0.1) is 13.8 Å². The number of nitrogens with one attached hydrogen (secondary N) is 2. The molecule has 1 aromatic heterocycles. The van der Waals surface area contributed by atoms with Gasteiger partial charge >= 0.3 is 0 Å². The van der Waals surface area contributed by atoms with Crippen LogP contribution >= 0.6 is 12.4 Å². The van der Waals surface area contributed by atoms with Gasteiger partial charge in [-0.3, -0.25) is 9.59 Å². The minimum Gasteiger partial charge on any atom is -0.340 e. The summed E-state index contributed by atoms with van der Waals surface area (Å²) >= 11 is 0. The smallest absolute Gasteiger partial charge is 0.261 e. The van der Waals surface area contributed by atoms with Gasteiger partial charge in [-0.1, -0.05) is 0 Å². The van der Waals surface area contributed by atoms with Gasteiger partial charge in [-0.25, -0.2) is 0 Å². The van der Waals surface area contributed by atoms with Crippen LogP contribution in [0.3, 0.4) is 0 Å². The molecule has 18 heavy (non-hydrogen) atoms. The number of nitrogens with zero attached hydrogens (tertiary/aromatic N) is 1. The van der Waals surface area contributed by atoms with Crippen LogP contribution in [0.2, 0.25) is 0 Å². The van der Waals surface area contributed by atoms with Crippen molar-refractivity contribution >= 4 is 18.3 Å². The number of rotatable bonds is 4. The minimum atomic E-state index is -0.316. The average Bonchev–Trinajstić information content (AvgIpc) is 2.24. The second-order valence-electron chi connectivity index (χ2n) is 4.17. The Kier molecular flexibility index (Phi) is 6.65. The summed E-state index contributed by atoms with van der Waals surface area (Å²) in [7, 11) is 3.51. The molecule has 0 aliphatic carbocycles. The molecule has 102 valence electrons. The number of aromatic nitrogens is 1. The monoisotopic (exact) mass is 273 g/mol. The number of pyridine rings is 1. The van der Waals surface area contributed by atoms with Gasteiger partial charge in [0.05, 0.1) is 0 Å². The lowest BCUT2D eigenvalue weighted by Gasteiger charge is -2.17. The van der Waals surface area contributed by atoms with E-state index in [0.29, 0.717) is 18.7 Å². The van der Waals surface area contributed by atoms with Crippen LogP contribution in [-0.2, 0) is 0 Å². The first-order valence-corrected chi connectivity index (χ1v) is 5.58. The molecule has 0 aromatic carbocycles. The molecule has 1 amide bonds. The molecular weight excluding hydrogens is 254 g/mol. The summed E-state index contributed by atoms with van der Waals surface area (Å²) in [5.74, 6) is -0.237. The van der Waals surface area contributed by atoms with E-state index in [9.17, 15) is 9.59 Å². The number of likely N-dealkylation sites (N-methyl/N-ethyl adjacent to an activating group) is 2. The van der Waals surface area contributed by atoms with Crippen LogP contribution < -0.4 is 10.9 Å². The Morgan fingerprint density at radius 2 is 2.06 bits per heavy atom. The Hall–Kier alpha value is -1.33. The third-order valence-corrected chi connectivity index (χ3v) is 2.62. The highest BCUT2D eigenvalue weighted by Crippen LogP contribution is 2.06. The fourth-order valence-corrected chi connectivity index (χ4v) is 1.69. The Morgan fingerprint density at radius 3 is 2.56 bits per heavy atom. The second kappa shape index (κ2) is 7.18. The molecule has 0 aliphatic rings. The van der Waals surface area contributed by atoms with Crippen molar-refractivity contribution in [2.75, 3.05) is 27.2 Å². The van der Waals surface area contributed by atoms with Gasteiger partial charge < -0.3 is 15.2 Å². The number of H-pyrrole nitrogens is 1. The molecule has 0 aliphatic heterocycles. The number of halogens is 1. The van der Waals surface area contributed by atoms with Gasteiger partial charge in [-0.05, 0) is 32.5 Å². The van der Waals surface area contributed by atoms with Crippen LogP contribution in [-0.4, -0.2) is 43.0 Å². The van der Waals surface area contributed by atoms with Gasteiger partial charge in [-0.2, -0.15) is 0 Å². The van der Waals surface area contributed by atoms with Crippen LogP contribution in [0.15, 0.2) is 10.9 Å². The lowest BCUT2D eigenvalue weighted by molar-refractivity contribution is 0.0794. The van der Waals surface area contributed by atoms with E-state index < -0.39 is 0 Å². The number of hydrogen-bond acceptors (Lipinski definition) is 3. The summed E-state index contributed by atoms with van der Waals surface area (Å²) in [5, 5.41) is 2.96. The molecule has 5 nitrogen and oxygen atoms in total. The maximum absolute atomic E-state index is 12.1. The van der Waals surface area contributed by atoms with E-state index in [1.807, 2.05) is 7.05 Å². The maximum atomic E-state index is 12.1. The summed E-state index contributed by atoms with van der Waals surface area (Å²) in [6.45, 7) is 4.85. The van der Waals surface area contributed by atoms with E-state index in [0.717, 1.165) is 5.69 Å². The maximum Gasteiger partial charge on any atom is 0.261 e. The first-order valence-electron chi connectivity index (χ1n) is 5.58. The molecule has 0 atom stereocenters. The highest BCUT2D eigenvalue weighted by Gasteiger charge is 2.17. The SMILES string of the molecule is CNCCN(C)C(=O)c1c(C)cc(C)[nH]c1=O.Cl. The predicted molar refractivity (Wildman–Crippen MR) is 74.7 cm³/mol. The predicted octanol–water partition coefficient (Wildman–Crippen LogP) is 0.705. The van der Waals surface area contributed by atoms with Crippen molar-refractivity contribution in [3.63, 3.8) is 0 Å². The van der Waals surface area contributed by atoms with Crippen molar-refractivity contribution in [2.45, 2.75) is 13.8 Å².